The second-order valence-corrected chi connectivity index (χ2v) is 5.59. The van der Waals surface area contributed by atoms with Crippen molar-refractivity contribution in [1.82, 2.24) is 10.2 Å². The standard InChI is InChI=1S/C16H22N2O2/c19-16(9-11-20-15-4-2-1-3-5-15)18-13-6-7-14(18)12-17-10-8-13/h1-5,13-14,17H,6-12H2. The molecule has 1 N–H and O–H groups in total. The lowest BCUT2D eigenvalue weighted by Gasteiger charge is -2.28. The van der Waals surface area contributed by atoms with E-state index in [9.17, 15) is 4.79 Å². The summed E-state index contributed by atoms with van der Waals surface area (Å²) in [5.41, 5.74) is 0. The third-order valence-electron chi connectivity index (χ3n) is 4.27. The zero-order valence-electron chi connectivity index (χ0n) is 11.8. The van der Waals surface area contributed by atoms with Gasteiger partial charge < -0.3 is 15.0 Å². The maximum Gasteiger partial charge on any atom is 0.226 e. The van der Waals surface area contributed by atoms with Crippen molar-refractivity contribution in [2.45, 2.75) is 37.8 Å². The van der Waals surface area contributed by atoms with Crippen LogP contribution in [0.15, 0.2) is 30.3 Å². The summed E-state index contributed by atoms with van der Waals surface area (Å²) in [6.07, 6.45) is 3.87. The number of amides is 1. The minimum absolute atomic E-state index is 0.247. The number of carbonyl (C=O) groups is 1. The number of hydrogen-bond acceptors (Lipinski definition) is 3. The van der Waals surface area contributed by atoms with E-state index >= 15 is 0 Å². The highest BCUT2D eigenvalue weighted by Gasteiger charge is 2.37. The van der Waals surface area contributed by atoms with Crippen molar-refractivity contribution in [2.75, 3.05) is 19.7 Å². The molecule has 0 aromatic heterocycles. The molecule has 2 atom stereocenters. The van der Waals surface area contributed by atoms with Crippen molar-refractivity contribution in [2.24, 2.45) is 0 Å². The van der Waals surface area contributed by atoms with Crippen LogP contribution in [0.3, 0.4) is 0 Å². The number of fused-ring (bicyclic) bond motifs is 2. The first-order valence-corrected chi connectivity index (χ1v) is 7.54. The summed E-state index contributed by atoms with van der Waals surface area (Å²) in [5, 5.41) is 3.42. The molecule has 2 unspecified atom stereocenters. The molecule has 2 aliphatic rings. The van der Waals surface area contributed by atoms with Gasteiger partial charge >= 0.3 is 0 Å². The van der Waals surface area contributed by atoms with E-state index in [2.05, 4.69) is 10.2 Å². The van der Waals surface area contributed by atoms with Crippen molar-refractivity contribution in [3.63, 3.8) is 0 Å². The van der Waals surface area contributed by atoms with Crippen LogP contribution in [-0.2, 0) is 4.79 Å². The minimum Gasteiger partial charge on any atom is -0.493 e. The van der Waals surface area contributed by atoms with Crippen molar-refractivity contribution in [1.29, 1.82) is 0 Å². The monoisotopic (exact) mass is 274 g/mol. The Morgan fingerprint density at radius 3 is 2.85 bits per heavy atom. The third kappa shape index (κ3) is 2.96. The molecule has 2 saturated heterocycles. The predicted molar refractivity (Wildman–Crippen MR) is 77.7 cm³/mol. The van der Waals surface area contributed by atoms with Crippen LogP contribution in [0, 0.1) is 0 Å². The summed E-state index contributed by atoms with van der Waals surface area (Å²) in [5.74, 6) is 1.08. The van der Waals surface area contributed by atoms with Crippen LogP contribution in [-0.4, -0.2) is 42.6 Å². The molecular weight excluding hydrogens is 252 g/mol. The molecule has 2 fully saturated rings. The summed E-state index contributed by atoms with van der Waals surface area (Å²) in [7, 11) is 0. The van der Waals surface area contributed by atoms with Gasteiger partial charge in [-0.25, -0.2) is 0 Å². The minimum atomic E-state index is 0.247. The molecule has 2 bridgehead atoms. The van der Waals surface area contributed by atoms with Gasteiger partial charge in [0, 0.05) is 18.6 Å². The molecule has 2 heterocycles. The predicted octanol–water partition coefficient (Wildman–Crippen LogP) is 1.81. The molecule has 1 aromatic rings. The summed E-state index contributed by atoms with van der Waals surface area (Å²) >= 11 is 0. The van der Waals surface area contributed by atoms with Crippen molar-refractivity contribution in [3.05, 3.63) is 30.3 Å². The number of nitrogens with one attached hydrogen (secondary N) is 1. The molecule has 4 heteroatoms. The van der Waals surface area contributed by atoms with Gasteiger partial charge in [-0.05, 0) is 37.9 Å². The Kier molecular flexibility index (Phi) is 4.21. The van der Waals surface area contributed by atoms with Crippen LogP contribution in [0.2, 0.25) is 0 Å². The number of rotatable bonds is 4. The highest BCUT2D eigenvalue weighted by atomic mass is 16.5. The molecule has 1 aromatic carbocycles. The largest absolute Gasteiger partial charge is 0.493 e. The van der Waals surface area contributed by atoms with Crippen LogP contribution in [0.1, 0.15) is 25.7 Å². The fourth-order valence-corrected chi connectivity index (χ4v) is 3.29. The van der Waals surface area contributed by atoms with E-state index in [1.54, 1.807) is 0 Å². The molecule has 0 aliphatic carbocycles. The van der Waals surface area contributed by atoms with Gasteiger partial charge in [0.05, 0.1) is 13.0 Å². The van der Waals surface area contributed by atoms with E-state index in [0.717, 1.165) is 38.1 Å². The Morgan fingerprint density at radius 2 is 2.00 bits per heavy atom. The first kappa shape index (κ1) is 13.4. The zero-order valence-corrected chi connectivity index (χ0v) is 11.8. The summed E-state index contributed by atoms with van der Waals surface area (Å²) in [4.78, 5) is 14.5. The Hall–Kier alpha value is -1.55. The highest BCUT2D eigenvalue weighted by Crippen LogP contribution is 2.28. The van der Waals surface area contributed by atoms with Gasteiger partial charge in [0.1, 0.15) is 5.75 Å². The van der Waals surface area contributed by atoms with Crippen molar-refractivity contribution >= 4 is 5.91 Å². The van der Waals surface area contributed by atoms with E-state index in [0.29, 0.717) is 25.1 Å². The van der Waals surface area contributed by atoms with Crippen LogP contribution >= 0.6 is 0 Å². The molecular formula is C16H22N2O2. The van der Waals surface area contributed by atoms with E-state index in [-0.39, 0.29) is 5.91 Å². The zero-order chi connectivity index (χ0) is 13.8. The van der Waals surface area contributed by atoms with Gasteiger partial charge in [0.15, 0.2) is 0 Å². The molecule has 108 valence electrons. The second-order valence-electron chi connectivity index (χ2n) is 5.59. The lowest BCUT2D eigenvalue weighted by Crippen LogP contribution is -2.42. The van der Waals surface area contributed by atoms with Gasteiger partial charge in [0.2, 0.25) is 5.91 Å². The Balaban J connectivity index is 1.51. The molecule has 2 aliphatic heterocycles. The first-order valence-electron chi connectivity index (χ1n) is 7.54. The van der Waals surface area contributed by atoms with E-state index in [1.165, 1.54) is 0 Å². The number of hydrogen-bond donors (Lipinski definition) is 1. The SMILES string of the molecule is O=C(CCOc1ccccc1)N1C2CCNCC1CC2. The molecule has 4 nitrogen and oxygen atoms in total. The lowest BCUT2D eigenvalue weighted by atomic mass is 10.1. The third-order valence-corrected chi connectivity index (χ3v) is 4.27. The quantitative estimate of drug-likeness (QED) is 0.910. The fourth-order valence-electron chi connectivity index (χ4n) is 3.29. The molecule has 1 amide bonds. The lowest BCUT2D eigenvalue weighted by molar-refractivity contribution is -0.134. The van der Waals surface area contributed by atoms with Crippen LogP contribution in [0.4, 0.5) is 0 Å². The average Bonchev–Trinajstić information content (AvgIpc) is 2.73. The van der Waals surface area contributed by atoms with Gasteiger partial charge in [-0.3, -0.25) is 4.79 Å². The average molecular weight is 274 g/mol. The van der Waals surface area contributed by atoms with Gasteiger partial charge in [-0.2, -0.15) is 0 Å². The maximum absolute atomic E-state index is 12.4. The summed E-state index contributed by atoms with van der Waals surface area (Å²) < 4.78 is 5.63. The Morgan fingerprint density at radius 1 is 1.20 bits per heavy atom. The van der Waals surface area contributed by atoms with E-state index in [4.69, 9.17) is 4.74 Å². The normalized spacial score (nSPS) is 25.3. The van der Waals surface area contributed by atoms with Gasteiger partial charge in [0.25, 0.3) is 0 Å². The fraction of sp³-hybridized carbons (Fsp3) is 0.562. The highest BCUT2D eigenvalue weighted by molar-refractivity contribution is 5.77. The second kappa shape index (κ2) is 6.27. The molecule has 3 rings (SSSR count). The number of carbonyl (C=O) groups excluding carboxylic acids is 1. The van der Waals surface area contributed by atoms with Crippen molar-refractivity contribution < 1.29 is 9.53 Å². The Bertz CT molecular complexity index is 435. The molecule has 20 heavy (non-hydrogen) atoms. The van der Waals surface area contributed by atoms with Gasteiger partial charge in [-0.15, -0.1) is 0 Å². The summed E-state index contributed by atoms with van der Waals surface area (Å²) in [6, 6.07) is 10.5. The van der Waals surface area contributed by atoms with Crippen molar-refractivity contribution in [3.8, 4) is 5.75 Å². The van der Waals surface area contributed by atoms with E-state index < -0.39 is 0 Å². The van der Waals surface area contributed by atoms with Crippen LogP contribution < -0.4 is 10.1 Å². The number of para-hydroxylation sites is 1. The molecule has 0 radical (unpaired) electrons. The Labute approximate surface area is 120 Å². The summed E-state index contributed by atoms with van der Waals surface area (Å²) in [6.45, 7) is 2.44. The molecule has 0 spiro atoms. The van der Waals surface area contributed by atoms with Crippen LogP contribution in [0.5, 0.6) is 5.75 Å². The van der Waals surface area contributed by atoms with E-state index in [1.807, 2.05) is 30.3 Å². The number of benzene rings is 1. The maximum atomic E-state index is 12.4. The molecule has 0 saturated carbocycles. The van der Waals surface area contributed by atoms with Gasteiger partial charge in [-0.1, -0.05) is 18.2 Å². The topological polar surface area (TPSA) is 41.6 Å². The number of ether oxygens (including phenoxy) is 1. The van der Waals surface area contributed by atoms with Crippen LogP contribution in [0.25, 0.3) is 0 Å². The smallest absolute Gasteiger partial charge is 0.226 e. The number of nitrogens with zero attached hydrogens (tertiary/aromatic N) is 1. The first-order chi connectivity index (χ1) is 9.84.